The number of fused-ring (bicyclic) bond motifs is 1. The van der Waals surface area contributed by atoms with Crippen LogP contribution in [0.5, 0.6) is 0 Å². The van der Waals surface area contributed by atoms with Gasteiger partial charge in [0.15, 0.2) is 5.82 Å². The van der Waals surface area contributed by atoms with Crippen molar-refractivity contribution >= 4 is 16.7 Å². The van der Waals surface area contributed by atoms with Crippen LogP contribution in [-0.4, -0.2) is 29.8 Å². The predicted molar refractivity (Wildman–Crippen MR) is 69.7 cm³/mol. The van der Waals surface area contributed by atoms with Gasteiger partial charge in [-0.05, 0) is 23.4 Å². The standard InChI is InChI=1S/C11H13N7O/c1-17-9-5-7(3-4-8(9)13-11(17)19)12-6-10-14-16-18(2)15-10/h3-5,12H,6H2,1-2H3,(H,13,19). The van der Waals surface area contributed by atoms with Gasteiger partial charge >= 0.3 is 5.69 Å². The highest BCUT2D eigenvalue weighted by Crippen LogP contribution is 2.16. The molecule has 0 bridgehead atoms. The first-order chi connectivity index (χ1) is 9.13. The summed E-state index contributed by atoms with van der Waals surface area (Å²) in [5.41, 5.74) is 2.44. The van der Waals surface area contributed by atoms with Crippen molar-refractivity contribution in [2.45, 2.75) is 6.54 Å². The highest BCUT2D eigenvalue weighted by molar-refractivity contribution is 5.79. The van der Waals surface area contributed by atoms with Crippen LogP contribution in [0.15, 0.2) is 23.0 Å². The van der Waals surface area contributed by atoms with Crippen LogP contribution in [0.2, 0.25) is 0 Å². The first-order valence-corrected chi connectivity index (χ1v) is 5.79. The largest absolute Gasteiger partial charge is 0.378 e. The quantitative estimate of drug-likeness (QED) is 0.690. The van der Waals surface area contributed by atoms with E-state index in [1.807, 2.05) is 18.2 Å². The lowest BCUT2D eigenvalue weighted by Crippen LogP contribution is -2.11. The van der Waals surface area contributed by atoms with Crippen LogP contribution in [0.25, 0.3) is 11.0 Å². The number of nitrogens with zero attached hydrogens (tertiary/aromatic N) is 5. The van der Waals surface area contributed by atoms with Crippen LogP contribution in [-0.2, 0) is 20.6 Å². The zero-order valence-electron chi connectivity index (χ0n) is 10.6. The number of aromatic nitrogens is 6. The summed E-state index contributed by atoms with van der Waals surface area (Å²) in [6.07, 6.45) is 0. The third-order valence-corrected chi connectivity index (χ3v) is 2.91. The lowest BCUT2D eigenvalue weighted by Gasteiger charge is -2.03. The van der Waals surface area contributed by atoms with Gasteiger partial charge in [0.1, 0.15) is 0 Å². The average Bonchev–Trinajstić information content (AvgIpc) is 2.93. The molecule has 2 N–H and O–H groups in total. The summed E-state index contributed by atoms with van der Waals surface area (Å²) in [5.74, 6) is 0.616. The molecule has 0 aliphatic carbocycles. The van der Waals surface area contributed by atoms with Crippen LogP contribution in [0, 0.1) is 0 Å². The number of tetrazole rings is 1. The maximum Gasteiger partial charge on any atom is 0.326 e. The number of anilines is 1. The zero-order chi connectivity index (χ0) is 13.4. The minimum absolute atomic E-state index is 0.122. The van der Waals surface area contributed by atoms with Crippen molar-refractivity contribution in [2.75, 3.05) is 5.32 Å². The molecule has 98 valence electrons. The highest BCUT2D eigenvalue weighted by atomic mass is 16.1. The van der Waals surface area contributed by atoms with E-state index in [-0.39, 0.29) is 5.69 Å². The van der Waals surface area contributed by atoms with Crippen LogP contribution in [0.3, 0.4) is 0 Å². The van der Waals surface area contributed by atoms with Gasteiger partial charge in [0.2, 0.25) is 0 Å². The number of aryl methyl sites for hydroxylation is 2. The Bertz CT molecular complexity index is 782. The number of H-pyrrole nitrogens is 1. The van der Waals surface area contributed by atoms with Gasteiger partial charge < -0.3 is 10.3 Å². The van der Waals surface area contributed by atoms with Gasteiger partial charge in [-0.1, -0.05) is 0 Å². The molecule has 8 nitrogen and oxygen atoms in total. The van der Waals surface area contributed by atoms with Crippen molar-refractivity contribution in [3.8, 4) is 0 Å². The molecule has 0 aliphatic rings. The number of aromatic amines is 1. The Morgan fingerprint density at radius 1 is 1.37 bits per heavy atom. The van der Waals surface area contributed by atoms with E-state index in [9.17, 15) is 4.79 Å². The number of rotatable bonds is 3. The topological polar surface area (TPSA) is 93.4 Å². The van der Waals surface area contributed by atoms with E-state index in [2.05, 4.69) is 25.7 Å². The Hall–Kier alpha value is -2.64. The Labute approximate surface area is 108 Å². The maximum absolute atomic E-state index is 11.5. The molecule has 0 fully saturated rings. The number of benzene rings is 1. The molecule has 19 heavy (non-hydrogen) atoms. The van der Waals surface area contributed by atoms with E-state index < -0.39 is 0 Å². The molecule has 2 heterocycles. The maximum atomic E-state index is 11.5. The van der Waals surface area contributed by atoms with Crippen LogP contribution < -0.4 is 11.0 Å². The normalized spacial score (nSPS) is 11.1. The molecule has 0 aliphatic heterocycles. The third-order valence-electron chi connectivity index (χ3n) is 2.91. The Balaban J connectivity index is 1.85. The number of imidazole rings is 1. The Kier molecular flexibility index (Phi) is 2.55. The molecule has 2 aromatic heterocycles. The van der Waals surface area contributed by atoms with Crippen molar-refractivity contribution in [1.29, 1.82) is 0 Å². The molecule has 3 aromatic rings. The summed E-state index contributed by atoms with van der Waals surface area (Å²) in [6.45, 7) is 0.484. The molecule has 3 rings (SSSR count). The van der Waals surface area contributed by atoms with E-state index in [0.717, 1.165) is 16.7 Å². The van der Waals surface area contributed by atoms with E-state index in [0.29, 0.717) is 12.4 Å². The van der Waals surface area contributed by atoms with E-state index in [4.69, 9.17) is 0 Å². The van der Waals surface area contributed by atoms with Gasteiger partial charge in [0.25, 0.3) is 0 Å². The van der Waals surface area contributed by atoms with Crippen molar-refractivity contribution in [1.82, 2.24) is 29.8 Å². The second-order valence-corrected chi connectivity index (χ2v) is 4.27. The van der Waals surface area contributed by atoms with Crippen molar-refractivity contribution in [3.05, 3.63) is 34.5 Å². The van der Waals surface area contributed by atoms with Crippen molar-refractivity contribution in [2.24, 2.45) is 14.1 Å². The van der Waals surface area contributed by atoms with Gasteiger partial charge in [-0.15, -0.1) is 10.2 Å². The van der Waals surface area contributed by atoms with E-state index in [1.165, 1.54) is 4.80 Å². The fourth-order valence-electron chi connectivity index (χ4n) is 1.91. The van der Waals surface area contributed by atoms with Gasteiger partial charge in [-0.25, -0.2) is 4.79 Å². The van der Waals surface area contributed by atoms with Crippen LogP contribution in [0.1, 0.15) is 5.82 Å². The number of nitrogens with one attached hydrogen (secondary N) is 2. The van der Waals surface area contributed by atoms with Crippen LogP contribution >= 0.6 is 0 Å². The first-order valence-electron chi connectivity index (χ1n) is 5.79. The number of hydrogen-bond donors (Lipinski definition) is 2. The van der Waals surface area contributed by atoms with Gasteiger partial charge in [-0.3, -0.25) is 4.57 Å². The molecule has 1 aromatic carbocycles. The number of hydrogen-bond acceptors (Lipinski definition) is 5. The lowest BCUT2D eigenvalue weighted by molar-refractivity contribution is 0.628. The summed E-state index contributed by atoms with van der Waals surface area (Å²) in [5, 5.41) is 14.9. The first kappa shape index (κ1) is 11.5. The highest BCUT2D eigenvalue weighted by Gasteiger charge is 2.05. The molecule has 8 heteroatoms. The zero-order valence-corrected chi connectivity index (χ0v) is 10.6. The third kappa shape index (κ3) is 2.07. The Morgan fingerprint density at radius 3 is 2.95 bits per heavy atom. The molecular formula is C11H13N7O. The van der Waals surface area contributed by atoms with E-state index in [1.54, 1.807) is 18.7 Å². The minimum atomic E-state index is -0.122. The molecular weight excluding hydrogens is 246 g/mol. The SMILES string of the molecule is Cn1nnc(CNc2ccc3[nH]c(=O)n(C)c3c2)n1. The Morgan fingerprint density at radius 2 is 2.21 bits per heavy atom. The summed E-state index contributed by atoms with van der Waals surface area (Å²) < 4.78 is 1.57. The summed E-state index contributed by atoms with van der Waals surface area (Å²) in [4.78, 5) is 15.7. The molecule has 0 unspecified atom stereocenters. The lowest BCUT2D eigenvalue weighted by atomic mass is 10.2. The van der Waals surface area contributed by atoms with Gasteiger partial charge in [0, 0.05) is 12.7 Å². The van der Waals surface area contributed by atoms with E-state index >= 15 is 0 Å². The molecule has 0 spiro atoms. The van der Waals surface area contributed by atoms with Gasteiger partial charge in [0.05, 0.1) is 24.6 Å². The second-order valence-electron chi connectivity index (χ2n) is 4.27. The molecule has 0 atom stereocenters. The molecule has 0 radical (unpaired) electrons. The van der Waals surface area contributed by atoms with Crippen molar-refractivity contribution in [3.63, 3.8) is 0 Å². The average molecular weight is 259 g/mol. The second kappa shape index (κ2) is 4.23. The van der Waals surface area contributed by atoms with Gasteiger partial charge in [-0.2, -0.15) is 4.80 Å². The monoisotopic (exact) mass is 259 g/mol. The predicted octanol–water partition coefficient (Wildman–Crippen LogP) is 0.00220. The van der Waals surface area contributed by atoms with Crippen molar-refractivity contribution < 1.29 is 0 Å². The fraction of sp³-hybridized carbons (Fsp3) is 0.273. The smallest absolute Gasteiger partial charge is 0.326 e. The summed E-state index contributed by atoms with van der Waals surface area (Å²) >= 11 is 0. The molecule has 0 amide bonds. The molecule has 0 saturated carbocycles. The minimum Gasteiger partial charge on any atom is -0.378 e. The molecule has 0 saturated heterocycles. The van der Waals surface area contributed by atoms with Crippen LogP contribution in [0.4, 0.5) is 5.69 Å². The summed E-state index contributed by atoms with van der Waals surface area (Å²) in [6, 6.07) is 5.67. The fourth-order valence-corrected chi connectivity index (χ4v) is 1.91. The summed E-state index contributed by atoms with van der Waals surface area (Å²) in [7, 11) is 3.45.